The van der Waals surface area contributed by atoms with E-state index in [9.17, 15) is 9.59 Å². The highest BCUT2D eigenvalue weighted by Gasteiger charge is 2.16. The van der Waals surface area contributed by atoms with Crippen LogP contribution in [0.25, 0.3) is 33.5 Å². The van der Waals surface area contributed by atoms with Crippen molar-refractivity contribution in [3.63, 3.8) is 0 Å². The number of benzene rings is 4. The number of nitrogens with zero attached hydrogens (tertiary/aromatic N) is 2. The number of ketones is 1. The minimum absolute atomic E-state index is 0.273. The van der Waals surface area contributed by atoms with E-state index in [-0.39, 0.29) is 12.4 Å². The average molecular weight is 523 g/mol. The topological polar surface area (TPSA) is 69.2 Å². The van der Waals surface area contributed by atoms with Crippen molar-refractivity contribution < 1.29 is 14.3 Å². The van der Waals surface area contributed by atoms with E-state index in [4.69, 9.17) is 14.7 Å². The van der Waals surface area contributed by atoms with Crippen LogP contribution in [-0.2, 0) is 4.74 Å². The largest absolute Gasteiger partial charge is 0.454 e. The highest BCUT2D eigenvalue weighted by Crippen LogP contribution is 2.31. The maximum absolute atomic E-state index is 12.7. The molecule has 0 amide bonds. The van der Waals surface area contributed by atoms with Crippen LogP contribution >= 0.6 is 15.9 Å². The van der Waals surface area contributed by atoms with Gasteiger partial charge in [-0.3, -0.25) is 4.79 Å². The van der Waals surface area contributed by atoms with Gasteiger partial charge in [0, 0.05) is 21.2 Å². The molecule has 170 valence electrons. The molecule has 0 aliphatic rings. The van der Waals surface area contributed by atoms with Gasteiger partial charge in [-0.15, -0.1) is 0 Å². The van der Waals surface area contributed by atoms with Gasteiger partial charge < -0.3 is 4.74 Å². The molecule has 5 nitrogen and oxygen atoms in total. The highest BCUT2D eigenvalue weighted by molar-refractivity contribution is 9.10. The Morgan fingerprint density at radius 2 is 1.20 bits per heavy atom. The van der Waals surface area contributed by atoms with Crippen LogP contribution in [0.1, 0.15) is 20.7 Å². The molecule has 5 aromatic rings. The number of hydrogen-bond acceptors (Lipinski definition) is 5. The standard InChI is InChI=1S/C29H19BrN2O3/c30-23-14-11-19(12-15-23)26(33)18-35-29(34)22-13-16-24-25(17-22)32-28(21-9-5-2-6-10-21)27(31-24)20-7-3-1-4-8-20/h1-17H,18H2. The van der Waals surface area contributed by atoms with Crippen LogP contribution in [0, 0.1) is 0 Å². The molecule has 0 bridgehead atoms. The molecule has 0 unspecified atom stereocenters. The molecule has 0 aliphatic heterocycles. The molecular weight excluding hydrogens is 504 g/mol. The lowest BCUT2D eigenvalue weighted by Crippen LogP contribution is -2.14. The zero-order chi connectivity index (χ0) is 24.2. The molecule has 0 atom stereocenters. The second kappa shape index (κ2) is 9.99. The van der Waals surface area contributed by atoms with Crippen molar-refractivity contribution in [2.24, 2.45) is 0 Å². The fourth-order valence-corrected chi connectivity index (χ4v) is 3.97. The molecule has 5 rings (SSSR count). The minimum atomic E-state index is -0.590. The molecule has 0 N–H and O–H groups in total. The molecule has 35 heavy (non-hydrogen) atoms. The Kier molecular flexibility index (Phi) is 6.46. The number of halogens is 1. The van der Waals surface area contributed by atoms with Crippen molar-refractivity contribution >= 4 is 38.7 Å². The summed E-state index contributed by atoms with van der Waals surface area (Å²) in [5.41, 5.74) is 5.38. The van der Waals surface area contributed by atoms with Gasteiger partial charge in [0.05, 0.1) is 28.0 Å². The summed E-state index contributed by atoms with van der Waals surface area (Å²) in [5.74, 6) is -0.863. The third-order valence-corrected chi connectivity index (χ3v) is 6.02. The molecule has 0 radical (unpaired) electrons. The number of aromatic nitrogens is 2. The Morgan fingerprint density at radius 3 is 1.80 bits per heavy atom. The van der Waals surface area contributed by atoms with Crippen LogP contribution < -0.4 is 0 Å². The molecule has 1 heterocycles. The van der Waals surface area contributed by atoms with Gasteiger partial charge >= 0.3 is 5.97 Å². The minimum Gasteiger partial charge on any atom is -0.454 e. The number of ether oxygens (including phenoxy) is 1. The van der Waals surface area contributed by atoms with Crippen molar-refractivity contribution in [1.29, 1.82) is 0 Å². The van der Waals surface area contributed by atoms with Gasteiger partial charge in [0.15, 0.2) is 12.4 Å². The predicted molar refractivity (Wildman–Crippen MR) is 139 cm³/mol. The third kappa shape index (κ3) is 5.03. The molecule has 6 heteroatoms. The van der Waals surface area contributed by atoms with Gasteiger partial charge in [0.2, 0.25) is 0 Å². The molecule has 0 saturated heterocycles. The van der Waals surface area contributed by atoms with Gasteiger partial charge in [0.1, 0.15) is 0 Å². The van der Waals surface area contributed by atoms with Crippen molar-refractivity contribution in [2.45, 2.75) is 0 Å². The van der Waals surface area contributed by atoms with Gasteiger partial charge in [0.25, 0.3) is 0 Å². The monoisotopic (exact) mass is 522 g/mol. The molecule has 1 aromatic heterocycles. The first-order valence-corrected chi connectivity index (χ1v) is 11.8. The number of Topliss-reactive ketones (excluding diaryl/α,β-unsaturated/α-hetero) is 1. The Bertz CT molecular complexity index is 1520. The Balaban J connectivity index is 1.46. The quantitative estimate of drug-likeness (QED) is 0.182. The first kappa shape index (κ1) is 22.6. The smallest absolute Gasteiger partial charge is 0.338 e. The van der Waals surface area contributed by atoms with E-state index in [1.807, 2.05) is 60.7 Å². The third-order valence-electron chi connectivity index (χ3n) is 5.49. The van der Waals surface area contributed by atoms with Gasteiger partial charge in [-0.2, -0.15) is 0 Å². The number of rotatable bonds is 6. The summed E-state index contributed by atoms with van der Waals surface area (Å²) in [4.78, 5) is 34.8. The number of fused-ring (bicyclic) bond motifs is 1. The zero-order valence-corrected chi connectivity index (χ0v) is 20.1. The number of carbonyl (C=O) groups is 2. The van der Waals surface area contributed by atoms with Gasteiger partial charge in [-0.05, 0) is 30.3 Å². The molecule has 0 saturated carbocycles. The summed E-state index contributed by atoms with van der Waals surface area (Å²) in [5, 5.41) is 0. The lowest BCUT2D eigenvalue weighted by Gasteiger charge is -2.11. The summed E-state index contributed by atoms with van der Waals surface area (Å²) < 4.78 is 6.15. The van der Waals surface area contributed by atoms with Crippen molar-refractivity contribution in [3.05, 3.63) is 119 Å². The summed E-state index contributed by atoms with van der Waals surface area (Å²) >= 11 is 3.34. The van der Waals surface area contributed by atoms with Crippen LogP contribution in [0.15, 0.2) is 108 Å². The van der Waals surface area contributed by atoms with E-state index in [0.717, 1.165) is 27.0 Å². The molecule has 0 fully saturated rings. The summed E-state index contributed by atoms with van der Waals surface area (Å²) in [6, 6.07) is 31.6. The van der Waals surface area contributed by atoms with E-state index in [0.29, 0.717) is 22.2 Å². The predicted octanol–water partition coefficient (Wildman–Crippen LogP) is 6.77. The fraction of sp³-hybridized carbons (Fsp3) is 0.0345. The van der Waals surface area contributed by atoms with Crippen molar-refractivity contribution in [1.82, 2.24) is 9.97 Å². The van der Waals surface area contributed by atoms with E-state index < -0.39 is 5.97 Å². The lowest BCUT2D eigenvalue weighted by atomic mass is 10.0. The van der Waals surface area contributed by atoms with Crippen LogP contribution in [0.4, 0.5) is 0 Å². The SMILES string of the molecule is O=C(COC(=O)c1ccc2nc(-c3ccccc3)c(-c3ccccc3)nc2c1)c1ccc(Br)cc1. The average Bonchev–Trinajstić information content (AvgIpc) is 2.92. The summed E-state index contributed by atoms with van der Waals surface area (Å²) in [6.45, 7) is -0.341. The highest BCUT2D eigenvalue weighted by atomic mass is 79.9. The molecule has 4 aromatic carbocycles. The first-order valence-electron chi connectivity index (χ1n) is 11.0. The van der Waals surface area contributed by atoms with E-state index in [1.165, 1.54) is 0 Å². The van der Waals surface area contributed by atoms with E-state index in [2.05, 4.69) is 15.9 Å². The van der Waals surface area contributed by atoms with Crippen LogP contribution in [-0.4, -0.2) is 28.3 Å². The van der Waals surface area contributed by atoms with Crippen LogP contribution in [0.5, 0.6) is 0 Å². The van der Waals surface area contributed by atoms with E-state index in [1.54, 1.807) is 42.5 Å². The van der Waals surface area contributed by atoms with Gasteiger partial charge in [-0.25, -0.2) is 14.8 Å². The molecular formula is C29H19BrN2O3. The van der Waals surface area contributed by atoms with E-state index >= 15 is 0 Å². The molecule has 0 aliphatic carbocycles. The number of carbonyl (C=O) groups excluding carboxylic acids is 2. The Morgan fingerprint density at radius 1 is 0.657 bits per heavy atom. The van der Waals surface area contributed by atoms with Crippen LogP contribution in [0.3, 0.4) is 0 Å². The van der Waals surface area contributed by atoms with Gasteiger partial charge in [-0.1, -0.05) is 88.7 Å². The number of esters is 1. The second-order valence-corrected chi connectivity index (χ2v) is 8.78. The Labute approximate surface area is 210 Å². The second-order valence-electron chi connectivity index (χ2n) is 7.86. The molecule has 0 spiro atoms. The fourth-order valence-electron chi connectivity index (χ4n) is 3.71. The maximum Gasteiger partial charge on any atom is 0.338 e. The lowest BCUT2D eigenvalue weighted by molar-refractivity contribution is 0.0475. The normalized spacial score (nSPS) is 10.8. The first-order chi connectivity index (χ1) is 17.1. The van der Waals surface area contributed by atoms with Crippen molar-refractivity contribution in [3.8, 4) is 22.5 Å². The zero-order valence-electron chi connectivity index (χ0n) is 18.5. The summed E-state index contributed by atoms with van der Waals surface area (Å²) in [7, 11) is 0. The number of hydrogen-bond donors (Lipinski definition) is 0. The van der Waals surface area contributed by atoms with Crippen molar-refractivity contribution in [2.75, 3.05) is 6.61 Å². The summed E-state index contributed by atoms with van der Waals surface area (Å²) in [6.07, 6.45) is 0. The maximum atomic E-state index is 12.7. The van der Waals surface area contributed by atoms with Crippen LogP contribution in [0.2, 0.25) is 0 Å². The Hall–Kier alpha value is -4.16.